The minimum atomic E-state index is 0.195. The van der Waals surface area contributed by atoms with Crippen LogP contribution < -0.4 is 11.1 Å². The molecular formula is C14H21BrN2. The molecule has 0 bridgehead atoms. The van der Waals surface area contributed by atoms with Crippen LogP contribution in [0.5, 0.6) is 0 Å². The van der Waals surface area contributed by atoms with Gasteiger partial charge in [-0.25, -0.2) is 0 Å². The summed E-state index contributed by atoms with van der Waals surface area (Å²) >= 11 is 3.46. The fourth-order valence-electron chi connectivity index (χ4n) is 2.72. The second kappa shape index (κ2) is 5.98. The quantitative estimate of drug-likeness (QED) is 0.899. The molecule has 1 aliphatic rings. The lowest BCUT2D eigenvalue weighted by atomic mass is 9.79. The maximum Gasteiger partial charge on any atom is 0.0323 e. The van der Waals surface area contributed by atoms with Gasteiger partial charge in [0.2, 0.25) is 0 Å². The number of rotatable bonds is 3. The summed E-state index contributed by atoms with van der Waals surface area (Å²) in [5, 5.41) is 3.36. The summed E-state index contributed by atoms with van der Waals surface area (Å²) in [6, 6.07) is 9.32. The van der Waals surface area contributed by atoms with Crippen LogP contribution in [0.25, 0.3) is 0 Å². The van der Waals surface area contributed by atoms with Gasteiger partial charge in [-0.15, -0.1) is 0 Å². The molecule has 1 aromatic rings. The van der Waals surface area contributed by atoms with Crippen molar-refractivity contribution in [1.29, 1.82) is 0 Å². The maximum atomic E-state index is 6.37. The summed E-state index contributed by atoms with van der Waals surface area (Å²) in [6.45, 7) is 0. The summed E-state index contributed by atoms with van der Waals surface area (Å²) in [7, 11) is 2.06. The van der Waals surface area contributed by atoms with Crippen molar-refractivity contribution in [2.24, 2.45) is 11.7 Å². The fourth-order valence-corrected chi connectivity index (χ4v) is 2.99. The first-order valence-corrected chi connectivity index (χ1v) is 7.18. The highest BCUT2D eigenvalue weighted by atomic mass is 79.9. The molecule has 0 saturated heterocycles. The molecule has 0 spiro atoms. The van der Waals surface area contributed by atoms with Crippen molar-refractivity contribution in [3.8, 4) is 0 Å². The average molecular weight is 297 g/mol. The standard InChI is InChI=1S/C14H21BrN2/c1-17-13-8-4-11(5-9-13)14(16)10-2-6-12(15)7-3-10/h2-3,6-7,11,13-14,17H,4-5,8-9,16H2,1H3. The molecule has 2 nitrogen and oxygen atoms in total. The topological polar surface area (TPSA) is 38.0 Å². The number of halogens is 1. The Morgan fingerprint density at radius 3 is 2.29 bits per heavy atom. The van der Waals surface area contributed by atoms with Crippen molar-refractivity contribution < 1.29 is 0 Å². The van der Waals surface area contributed by atoms with Gasteiger partial charge in [0, 0.05) is 16.6 Å². The van der Waals surface area contributed by atoms with Crippen molar-refractivity contribution in [3.05, 3.63) is 34.3 Å². The molecule has 17 heavy (non-hydrogen) atoms. The van der Waals surface area contributed by atoms with E-state index in [-0.39, 0.29) is 6.04 Å². The minimum Gasteiger partial charge on any atom is -0.324 e. The first-order valence-electron chi connectivity index (χ1n) is 6.39. The van der Waals surface area contributed by atoms with Crippen LogP contribution in [0.2, 0.25) is 0 Å². The van der Waals surface area contributed by atoms with Gasteiger partial charge in [-0.2, -0.15) is 0 Å². The fraction of sp³-hybridized carbons (Fsp3) is 0.571. The first kappa shape index (κ1) is 13.1. The number of hydrogen-bond donors (Lipinski definition) is 2. The van der Waals surface area contributed by atoms with Crippen LogP contribution in [0.3, 0.4) is 0 Å². The van der Waals surface area contributed by atoms with Gasteiger partial charge < -0.3 is 11.1 Å². The van der Waals surface area contributed by atoms with Crippen LogP contribution in [-0.4, -0.2) is 13.1 Å². The molecule has 0 amide bonds. The van der Waals surface area contributed by atoms with Gasteiger partial charge in [-0.05, 0) is 56.3 Å². The number of hydrogen-bond acceptors (Lipinski definition) is 2. The molecule has 1 aliphatic carbocycles. The van der Waals surface area contributed by atoms with Crippen LogP contribution in [-0.2, 0) is 0 Å². The molecule has 1 saturated carbocycles. The molecule has 3 heteroatoms. The highest BCUT2D eigenvalue weighted by Crippen LogP contribution is 2.33. The van der Waals surface area contributed by atoms with E-state index < -0.39 is 0 Å². The van der Waals surface area contributed by atoms with E-state index in [0.717, 1.165) is 4.47 Å². The van der Waals surface area contributed by atoms with Gasteiger partial charge in [-0.3, -0.25) is 0 Å². The second-order valence-corrected chi connectivity index (χ2v) is 5.89. The molecule has 2 rings (SSSR count). The summed E-state index contributed by atoms with van der Waals surface area (Å²) < 4.78 is 1.12. The third-order valence-corrected chi connectivity index (χ3v) is 4.47. The van der Waals surface area contributed by atoms with E-state index in [0.29, 0.717) is 12.0 Å². The molecule has 0 aromatic heterocycles. The maximum absolute atomic E-state index is 6.37. The minimum absolute atomic E-state index is 0.195. The van der Waals surface area contributed by atoms with Gasteiger partial charge in [0.15, 0.2) is 0 Å². The lowest BCUT2D eigenvalue weighted by Gasteiger charge is -2.32. The number of nitrogens with one attached hydrogen (secondary N) is 1. The number of nitrogens with two attached hydrogens (primary N) is 1. The van der Waals surface area contributed by atoms with Crippen molar-refractivity contribution in [2.45, 2.75) is 37.8 Å². The zero-order valence-corrected chi connectivity index (χ0v) is 11.9. The molecule has 0 radical (unpaired) electrons. The zero-order valence-electron chi connectivity index (χ0n) is 10.3. The predicted molar refractivity (Wildman–Crippen MR) is 75.9 cm³/mol. The van der Waals surface area contributed by atoms with E-state index >= 15 is 0 Å². The highest BCUT2D eigenvalue weighted by molar-refractivity contribution is 9.10. The van der Waals surface area contributed by atoms with Gasteiger partial charge in [0.05, 0.1) is 0 Å². The van der Waals surface area contributed by atoms with Crippen LogP contribution >= 0.6 is 15.9 Å². The van der Waals surface area contributed by atoms with Crippen molar-refractivity contribution in [3.63, 3.8) is 0 Å². The lowest BCUT2D eigenvalue weighted by molar-refractivity contribution is 0.267. The Hall–Kier alpha value is -0.380. The molecular weight excluding hydrogens is 276 g/mol. The molecule has 94 valence electrons. The van der Waals surface area contributed by atoms with Crippen LogP contribution in [0.4, 0.5) is 0 Å². The van der Waals surface area contributed by atoms with Crippen molar-refractivity contribution in [1.82, 2.24) is 5.32 Å². The Morgan fingerprint density at radius 1 is 1.18 bits per heavy atom. The van der Waals surface area contributed by atoms with E-state index in [4.69, 9.17) is 5.73 Å². The van der Waals surface area contributed by atoms with Gasteiger partial charge in [0.1, 0.15) is 0 Å². The Labute approximate surface area is 112 Å². The van der Waals surface area contributed by atoms with E-state index in [2.05, 4.69) is 52.6 Å². The molecule has 0 aliphatic heterocycles. The predicted octanol–water partition coefficient (Wildman–Crippen LogP) is 3.23. The van der Waals surface area contributed by atoms with E-state index in [1.165, 1.54) is 31.2 Å². The highest BCUT2D eigenvalue weighted by Gasteiger charge is 2.25. The third-order valence-electron chi connectivity index (χ3n) is 3.94. The van der Waals surface area contributed by atoms with Gasteiger partial charge in [-0.1, -0.05) is 28.1 Å². The smallest absolute Gasteiger partial charge is 0.0323 e. The Kier molecular flexibility index (Phi) is 4.60. The Bertz CT molecular complexity index is 342. The Balaban J connectivity index is 1.96. The summed E-state index contributed by atoms with van der Waals surface area (Å²) in [4.78, 5) is 0. The summed E-state index contributed by atoms with van der Waals surface area (Å²) in [5.74, 6) is 0.640. The van der Waals surface area contributed by atoms with Crippen molar-refractivity contribution >= 4 is 15.9 Å². The lowest BCUT2D eigenvalue weighted by Crippen LogP contribution is -2.33. The van der Waals surface area contributed by atoms with Gasteiger partial charge in [0.25, 0.3) is 0 Å². The second-order valence-electron chi connectivity index (χ2n) is 4.98. The molecule has 1 atom stereocenters. The zero-order chi connectivity index (χ0) is 12.3. The third kappa shape index (κ3) is 3.30. The van der Waals surface area contributed by atoms with Crippen LogP contribution in [0, 0.1) is 5.92 Å². The van der Waals surface area contributed by atoms with Crippen LogP contribution in [0.1, 0.15) is 37.3 Å². The van der Waals surface area contributed by atoms with Crippen LogP contribution in [0.15, 0.2) is 28.7 Å². The first-order chi connectivity index (χ1) is 8.20. The van der Waals surface area contributed by atoms with E-state index in [9.17, 15) is 0 Å². The SMILES string of the molecule is CNC1CCC(C(N)c2ccc(Br)cc2)CC1. The molecule has 1 aromatic carbocycles. The van der Waals surface area contributed by atoms with Crippen molar-refractivity contribution in [2.75, 3.05) is 7.05 Å². The largest absolute Gasteiger partial charge is 0.324 e. The molecule has 0 heterocycles. The molecule has 1 fully saturated rings. The summed E-state index contributed by atoms with van der Waals surface area (Å²) in [6.07, 6.45) is 4.99. The monoisotopic (exact) mass is 296 g/mol. The summed E-state index contributed by atoms with van der Waals surface area (Å²) in [5.41, 5.74) is 7.64. The Morgan fingerprint density at radius 2 is 1.76 bits per heavy atom. The molecule has 1 unspecified atom stereocenters. The van der Waals surface area contributed by atoms with E-state index in [1.54, 1.807) is 0 Å². The molecule has 3 N–H and O–H groups in total. The van der Waals surface area contributed by atoms with Gasteiger partial charge >= 0.3 is 0 Å². The number of benzene rings is 1. The van der Waals surface area contributed by atoms with E-state index in [1.807, 2.05) is 0 Å². The average Bonchev–Trinajstić information content (AvgIpc) is 2.39. The normalized spacial score (nSPS) is 26.8.